The Labute approximate surface area is 157 Å². The van der Waals surface area contributed by atoms with Crippen LogP contribution in [-0.2, 0) is 9.59 Å². The Balaban J connectivity index is 1.61. The van der Waals surface area contributed by atoms with Gasteiger partial charge in [-0.15, -0.1) is 11.3 Å². The first-order valence-electron chi connectivity index (χ1n) is 7.27. The Hall–Kier alpha value is -2.09. The number of halogens is 2. The van der Waals surface area contributed by atoms with E-state index in [1.807, 2.05) is 0 Å². The van der Waals surface area contributed by atoms with Gasteiger partial charge < -0.3 is 15.4 Å². The Morgan fingerprint density at radius 2 is 2.04 bits per heavy atom. The number of benzene rings is 1. The van der Waals surface area contributed by atoms with Crippen LogP contribution in [0.1, 0.15) is 22.5 Å². The van der Waals surface area contributed by atoms with Crippen molar-refractivity contribution in [3.05, 3.63) is 38.5 Å². The molecule has 1 aromatic carbocycles. The first-order chi connectivity index (χ1) is 11.9. The highest BCUT2D eigenvalue weighted by Gasteiger charge is 2.19. The summed E-state index contributed by atoms with van der Waals surface area (Å²) in [5.74, 6) is -0.344. The van der Waals surface area contributed by atoms with Crippen LogP contribution in [-0.4, -0.2) is 24.2 Å². The Kier molecular flexibility index (Phi) is 5.27. The summed E-state index contributed by atoms with van der Waals surface area (Å²) in [4.78, 5) is 35.9. The molecule has 0 aliphatic carbocycles. The number of rotatable bonds is 5. The largest absolute Gasteiger partial charge is 0.482 e. The van der Waals surface area contributed by atoms with E-state index in [1.165, 1.54) is 23.5 Å². The zero-order valence-corrected chi connectivity index (χ0v) is 15.1. The van der Waals surface area contributed by atoms with E-state index in [2.05, 4.69) is 10.6 Å². The smallest absolute Gasteiger partial charge is 0.262 e. The summed E-state index contributed by atoms with van der Waals surface area (Å²) >= 11 is 13.1. The zero-order chi connectivity index (χ0) is 18.0. The first-order valence-corrected chi connectivity index (χ1v) is 8.84. The van der Waals surface area contributed by atoms with E-state index >= 15 is 0 Å². The van der Waals surface area contributed by atoms with Crippen LogP contribution in [0.25, 0.3) is 0 Å². The van der Waals surface area contributed by atoms with E-state index in [0.29, 0.717) is 26.3 Å². The van der Waals surface area contributed by atoms with E-state index in [-0.39, 0.29) is 42.1 Å². The van der Waals surface area contributed by atoms with Gasteiger partial charge in [-0.3, -0.25) is 14.4 Å². The summed E-state index contributed by atoms with van der Waals surface area (Å²) in [6.07, 6.45) is 0.0805. The molecule has 0 radical (unpaired) electrons. The second kappa shape index (κ2) is 7.43. The summed E-state index contributed by atoms with van der Waals surface area (Å²) in [7, 11) is 0. The molecule has 0 saturated heterocycles. The lowest BCUT2D eigenvalue weighted by molar-refractivity contribution is -0.118. The van der Waals surface area contributed by atoms with E-state index < -0.39 is 0 Å². The van der Waals surface area contributed by atoms with E-state index in [0.717, 1.165) is 0 Å². The van der Waals surface area contributed by atoms with Crippen LogP contribution in [0.5, 0.6) is 5.75 Å². The number of anilines is 2. The number of ketones is 1. The molecule has 130 valence electrons. The van der Waals surface area contributed by atoms with Gasteiger partial charge in [-0.05, 0) is 18.2 Å². The molecule has 2 heterocycles. The summed E-state index contributed by atoms with van der Waals surface area (Å²) in [6.45, 7) is -0.0973. The Morgan fingerprint density at radius 1 is 1.24 bits per heavy atom. The minimum absolute atomic E-state index is 0.0133. The van der Waals surface area contributed by atoms with E-state index in [9.17, 15) is 14.4 Å². The highest BCUT2D eigenvalue weighted by molar-refractivity contribution is 7.18. The minimum atomic E-state index is -0.349. The van der Waals surface area contributed by atoms with Gasteiger partial charge in [-0.1, -0.05) is 23.2 Å². The van der Waals surface area contributed by atoms with Gasteiger partial charge in [-0.25, -0.2) is 0 Å². The fourth-order valence-electron chi connectivity index (χ4n) is 2.22. The van der Waals surface area contributed by atoms with Crippen LogP contribution in [0.2, 0.25) is 9.36 Å². The molecule has 9 heteroatoms. The van der Waals surface area contributed by atoms with E-state index in [1.54, 1.807) is 12.1 Å². The molecule has 0 bridgehead atoms. The molecule has 25 heavy (non-hydrogen) atoms. The topological polar surface area (TPSA) is 84.5 Å². The average Bonchev–Trinajstić information content (AvgIpc) is 3.00. The lowest BCUT2D eigenvalue weighted by Crippen LogP contribution is -2.25. The molecular weight excluding hydrogens is 387 g/mol. The molecule has 0 fully saturated rings. The van der Waals surface area contributed by atoms with Gasteiger partial charge in [0.1, 0.15) is 5.75 Å². The van der Waals surface area contributed by atoms with Crippen molar-refractivity contribution in [3.63, 3.8) is 0 Å². The second-order valence-corrected chi connectivity index (χ2v) is 7.36. The van der Waals surface area contributed by atoms with Gasteiger partial charge >= 0.3 is 0 Å². The number of ether oxygens (including phenoxy) is 1. The number of carbonyl (C=O) groups is 3. The number of hydrogen-bond acceptors (Lipinski definition) is 5. The molecular formula is C16H12Cl2N2O4S. The molecule has 1 aliphatic rings. The number of Topliss-reactive ketones (excluding diaryl/α,β-unsaturated/α-hetero) is 1. The van der Waals surface area contributed by atoms with Crippen LogP contribution in [0, 0.1) is 0 Å². The molecule has 2 N–H and O–H groups in total. The quantitative estimate of drug-likeness (QED) is 0.745. The first kappa shape index (κ1) is 17.7. The van der Waals surface area contributed by atoms with Crippen molar-refractivity contribution in [2.75, 3.05) is 17.2 Å². The summed E-state index contributed by atoms with van der Waals surface area (Å²) in [5, 5.41) is 5.53. The fourth-order valence-corrected chi connectivity index (χ4v) is 3.44. The maximum Gasteiger partial charge on any atom is 0.262 e. The van der Waals surface area contributed by atoms with Crippen LogP contribution < -0.4 is 15.4 Å². The number of hydrogen-bond donors (Lipinski definition) is 2. The molecule has 1 aliphatic heterocycles. The average molecular weight is 399 g/mol. The normalized spacial score (nSPS) is 12.8. The summed E-state index contributed by atoms with van der Waals surface area (Å²) < 4.78 is 5.81. The van der Waals surface area contributed by atoms with Gasteiger partial charge in [0.05, 0.1) is 25.6 Å². The molecule has 0 spiro atoms. The Bertz CT molecular complexity index is 866. The molecule has 2 aromatic rings. The predicted octanol–water partition coefficient (Wildman–Crippen LogP) is 3.99. The van der Waals surface area contributed by atoms with Crippen molar-refractivity contribution >= 4 is 63.5 Å². The van der Waals surface area contributed by atoms with Crippen LogP contribution in [0.4, 0.5) is 11.4 Å². The molecule has 2 amide bonds. The van der Waals surface area contributed by atoms with Crippen LogP contribution >= 0.6 is 34.5 Å². The third-order valence-corrected chi connectivity index (χ3v) is 4.99. The fraction of sp³-hybridized carbons (Fsp3) is 0.188. The van der Waals surface area contributed by atoms with Crippen molar-refractivity contribution in [3.8, 4) is 5.75 Å². The van der Waals surface area contributed by atoms with Gasteiger partial charge in [0.15, 0.2) is 12.4 Å². The van der Waals surface area contributed by atoms with Crippen molar-refractivity contribution < 1.29 is 19.1 Å². The number of carbonyl (C=O) groups excluding carboxylic acids is 3. The van der Waals surface area contributed by atoms with Gasteiger partial charge in [0.25, 0.3) is 5.91 Å². The Morgan fingerprint density at radius 3 is 2.76 bits per heavy atom. The van der Waals surface area contributed by atoms with Crippen LogP contribution in [0.15, 0.2) is 24.3 Å². The van der Waals surface area contributed by atoms with Crippen molar-refractivity contribution in [2.45, 2.75) is 12.8 Å². The lowest BCUT2D eigenvalue weighted by atomic mass is 10.2. The van der Waals surface area contributed by atoms with Crippen molar-refractivity contribution in [1.29, 1.82) is 0 Å². The molecule has 1 aromatic heterocycles. The third-order valence-electron chi connectivity index (χ3n) is 3.40. The highest BCUT2D eigenvalue weighted by atomic mass is 35.5. The predicted molar refractivity (Wildman–Crippen MR) is 97.1 cm³/mol. The lowest BCUT2D eigenvalue weighted by Gasteiger charge is -2.19. The maximum absolute atomic E-state index is 12.1. The van der Waals surface area contributed by atoms with E-state index in [4.69, 9.17) is 27.9 Å². The standard InChI is InChI=1S/C16H12Cl2N2O4S/c17-8-5-10-12(24-7-16(23)20-10)6-9(8)19-15(22)4-1-11(21)13-2-3-14(18)25-13/h2-3,5-6H,1,4,7H2,(H,19,22)(H,20,23). The second-order valence-electron chi connectivity index (χ2n) is 5.24. The zero-order valence-electron chi connectivity index (χ0n) is 12.7. The molecule has 6 nitrogen and oxygen atoms in total. The molecule has 3 rings (SSSR count). The number of fused-ring (bicyclic) bond motifs is 1. The van der Waals surface area contributed by atoms with Gasteiger partial charge in [0.2, 0.25) is 5.91 Å². The molecule has 0 unspecified atom stereocenters. The van der Waals surface area contributed by atoms with Crippen molar-refractivity contribution in [2.24, 2.45) is 0 Å². The van der Waals surface area contributed by atoms with Gasteiger partial charge in [-0.2, -0.15) is 0 Å². The monoisotopic (exact) mass is 398 g/mol. The van der Waals surface area contributed by atoms with Crippen molar-refractivity contribution in [1.82, 2.24) is 0 Å². The van der Waals surface area contributed by atoms with Gasteiger partial charge in [0, 0.05) is 18.9 Å². The third kappa shape index (κ3) is 4.31. The summed E-state index contributed by atoms with van der Waals surface area (Å²) in [5.41, 5.74) is 0.803. The summed E-state index contributed by atoms with van der Waals surface area (Å²) in [6, 6.07) is 6.32. The number of amides is 2. The molecule has 0 atom stereocenters. The maximum atomic E-state index is 12.1. The number of nitrogens with one attached hydrogen (secondary N) is 2. The minimum Gasteiger partial charge on any atom is -0.482 e. The van der Waals surface area contributed by atoms with Crippen LogP contribution in [0.3, 0.4) is 0 Å². The molecule has 0 saturated carbocycles. The highest BCUT2D eigenvalue weighted by Crippen LogP contribution is 2.36. The SMILES string of the molecule is O=C(CCC(=O)c1ccc(Cl)s1)Nc1cc2c(cc1Cl)NC(=O)CO2. The number of thiophene rings is 1.